The van der Waals surface area contributed by atoms with Gasteiger partial charge < -0.3 is 17.3 Å². The molecule has 2 rings (SSSR count). The molecule has 1 aromatic carbocycles. The van der Waals surface area contributed by atoms with Crippen molar-refractivity contribution in [3.8, 4) is 0 Å². The molecule has 0 spiro atoms. The Morgan fingerprint density at radius 2 is 1.44 bits per heavy atom. The van der Waals surface area contributed by atoms with Gasteiger partial charge in [0.05, 0.1) is 15.7 Å². The summed E-state index contributed by atoms with van der Waals surface area (Å²) in [6, 6.07) is 12.4. The molecule has 0 radical (unpaired) electrons. The number of rotatable bonds is 5. The molecule has 0 saturated carbocycles. The lowest BCUT2D eigenvalue weighted by Crippen LogP contribution is -2.47. The topological polar surface area (TPSA) is 58.3 Å². The first-order valence-electron chi connectivity index (χ1n) is 7.52. The third-order valence-corrected chi connectivity index (χ3v) is 6.33. The highest BCUT2D eigenvalue weighted by atomic mass is 32.2. The van der Waals surface area contributed by atoms with Gasteiger partial charge in [-0.15, -0.1) is 0 Å². The molecule has 0 amide bonds. The van der Waals surface area contributed by atoms with Gasteiger partial charge in [-0.3, -0.25) is 4.21 Å². The zero-order valence-corrected chi connectivity index (χ0v) is 16.4. The molecular formula is C15H19BF4N2O3S2. The van der Waals surface area contributed by atoms with E-state index in [4.69, 9.17) is 0 Å². The number of aromatic nitrogens is 1. The van der Waals surface area contributed by atoms with E-state index in [0.717, 1.165) is 0 Å². The van der Waals surface area contributed by atoms with Crippen molar-refractivity contribution in [1.29, 1.82) is 0 Å². The van der Waals surface area contributed by atoms with Crippen LogP contribution in [-0.4, -0.2) is 44.5 Å². The Kier molecular flexibility index (Phi) is 8.12. The van der Waals surface area contributed by atoms with Crippen molar-refractivity contribution < 1.29 is 34.5 Å². The third-order valence-electron chi connectivity index (χ3n) is 3.30. The van der Waals surface area contributed by atoms with Gasteiger partial charge in [0, 0.05) is 38.0 Å². The molecule has 1 heterocycles. The van der Waals surface area contributed by atoms with Crippen LogP contribution in [0, 0.1) is 0 Å². The largest absolute Gasteiger partial charge is 0.673 e. The summed E-state index contributed by atoms with van der Waals surface area (Å²) in [6.45, 7) is 0. The second-order valence-corrected chi connectivity index (χ2v) is 9.11. The summed E-state index contributed by atoms with van der Waals surface area (Å²) < 4.78 is 78.7. The number of hydrogen-bond acceptors (Lipinski definition) is 3. The average Bonchev–Trinajstić information content (AvgIpc) is 2.54. The Morgan fingerprint density at radius 3 is 1.81 bits per heavy atom. The number of nitrogens with zero attached hydrogens (tertiary/aromatic N) is 2. The van der Waals surface area contributed by atoms with Gasteiger partial charge in [0.15, 0.2) is 12.4 Å². The molecule has 1 aromatic heterocycles. The lowest BCUT2D eigenvalue weighted by molar-refractivity contribution is -0.693. The van der Waals surface area contributed by atoms with E-state index in [1.807, 2.05) is 18.2 Å². The SMILES string of the molecule is CN(C)S(=O)(=O)C(c1ccccc1)[n+]1ccc(S(C)=O)cc1.F[B-](F)(F)F. The summed E-state index contributed by atoms with van der Waals surface area (Å²) in [7, 11) is -7.63. The van der Waals surface area contributed by atoms with E-state index >= 15 is 0 Å². The van der Waals surface area contributed by atoms with Gasteiger partial charge in [0.25, 0.3) is 15.4 Å². The first kappa shape index (κ1) is 23.3. The van der Waals surface area contributed by atoms with Crippen LogP contribution in [0.15, 0.2) is 59.8 Å². The molecule has 2 aromatic rings. The number of pyridine rings is 1. The van der Waals surface area contributed by atoms with Crippen molar-refractivity contribution in [1.82, 2.24) is 4.31 Å². The summed E-state index contributed by atoms with van der Waals surface area (Å²) in [4.78, 5) is 0.658. The van der Waals surface area contributed by atoms with Crippen molar-refractivity contribution in [2.24, 2.45) is 0 Å². The summed E-state index contributed by atoms with van der Waals surface area (Å²) in [6.07, 6.45) is 4.88. The van der Waals surface area contributed by atoms with E-state index in [1.54, 1.807) is 47.5 Å². The van der Waals surface area contributed by atoms with Crippen molar-refractivity contribution in [2.45, 2.75) is 10.3 Å². The van der Waals surface area contributed by atoms with E-state index in [9.17, 15) is 29.9 Å². The van der Waals surface area contributed by atoms with Crippen LogP contribution in [0.4, 0.5) is 17.3 Å². The summed E-state index contributed by atoms with van der Waals surface area (Å²) in [5.74, 6) is 0. The van der Waals surface area contributed by atoms with Crippen molar-refractivity contribution in [3.05, 3.63) is 60.4 Å². The molecule has 12 heteroatoms. The molecule has 0 fully saturated rings. The quantitative estimate of drug-likeness (QED) is 0.420. The van der Waals surface area contributed by atoms with E-state index in [-0.39, 0.29) is 0 Å². The van der Waals surface area contributed by atoms with Crippen LogP contribution in [-0.2, 0) is 20.8 Å². The van der Waals surface area contributed by atoms with Crippen molar-refractivity contribution in [3.63, 3.8) is 0 Å². The van der Waals surface area contributed by atoms with Crippen LogP contribution in [0.3, 0.4) is 0 Å². The van der Waals surface area contributed by atoms with Crippen LogP contribution in [0.2, 0.25) is 0 Å². The highest BCUT2D eigenvalue weighted by Gasteiger charge is 2.37. The standard InChI is InChI=1S/C15H19N2O3S2.BF4/c1-16(2)22(19,20)15(13-7-5-4-6-8-13)17-11-9-14(10-12-17)21(3)18;2-1(3,4)5/h4-12,15H,1-3H3;/q+1;-1. The Balaban J connectivity index is 0.000000646. The molecule has 5 nitrogen and oxygen atoms in total. The highest BCUT2D eigenvalue weighted by molar-refractivity contribution is 7.89. The summed E-state index contributed by atoms with van der Waals surface area (Å²) in [5, 5.41) is -0.858. The Bertz CT molecular complexity index is 855. The first-order valence-corrected chi connectivity index (χ1v) is 10.6. The molecule has 2 unspecified atom stereocenters. The van der Waals surface area contributed by atoms with Gasteiger partial charge >= 0.3 is 7.25 Å². The van der Waals surface area contributed by atoms with Gasteiger partial charge in [0.1, 0.15) is 0 Å². The fourth-order valence-electron chi connectivity index (χ4n) is 2.09. The molecule has 0 aliphatic heterocycles. The lowest BCUT2D eigenvalue weighted by Gasteiger charge is -2.18. The van der Waals surface area contributed by atoms with Gasteiger partial charge in [-0.25, -0.2) is 12.7 Å². The Hall–Kier alpha value is -1.79. The van der Waals surface area contributed by atoms with Crippen LogP contribution in [0.25, 0.3) is 0 Å². The zero-order valence-electron chi connectivity index (χ0n) is 14.8. The van der Waals surface area contributed by atoms with E-state index in [2.05, 4.69) is 0 Å². The maximum atomic E-state index is 12.7. The fourth-order valence-corrected chi connectivity index (χ4v) is 3.94. The monoisotopic (exact) mass is 426 g/mol. The molecule has 0 N–H and O–H groups in total. The minimum atomic E-state index is -6.00. The maximum Gasteiger partial charge on any atom is 0.673 e. The number of sulfonamides is 1. The van der Waals surface area contributed by atoms with Crippen LogP contribution >= 0.6 is 0 Å². The molecule has 27 heavy (non-hydrogen) atoms. The highest BCUT2D eigenvalue weighted by Crippen LogP contribution is 2.21. The van der Waals surface area contributed by atoms with Crippen LogP contribution < -0.4 is 4.57 Å². The second kappa shape index (κ2) is 9.42. The van der Waals surface area contributed by atoms with Gasteiger partial charge in [0.2, 0.25) is 0 Å². The first-order chi connectivity index (χ1) is 12.3. The van der Waals surface area contributed by atoms with E-state index < -0.39 is 33.5 Å². The van der Waals surface area contributed by atoms with Gasteiger partial charge in [-0.2, -0.15) is 4.57 Å². The van der Waals surface area contributed by atoms with Gasteiger partial charge in [-0.1, -0.05) is 30.3 Å². The van der Waals surface area contributed by atoms with E-state index in [0.29, 0.717) is 10.5 Å². The zero-order chi connectivity index (χ0) is 20.8. The Morgan fingerprint density at radius 1 is 1.00 bits per heavy atom. The van der Waals surface area contributed by atoms with Crippen LogP contribution in [0.1, 0.15) is 10.9 Å². The Labute approximate surface area is 158 Å². The molecule has 0 saturated heterocycles. The van der Waals surface area contributed by atoms with Crippen LogP contribution in [0.5, 0.6) is 0 Å². The smallest absolute Gasteiger partial charge is 0.418 e. The average molecular weight is 426 g/mol. The summed E-state index contributed by atoms with van der Waals surface area (Å²) in [5.41, 5.74) is 0.673. The molecule has 150 valence electrons. The minimum Gasteiger partial charge on any atom is -0.418 e. The molecule has 0 aliphatic carbocycles. The molecule has 0 aliphatic rings. The lowest BCUT2D eigenvalue weighted by atomic mass is 10.2. The number of hydrogen-bond donors (Lipinski definition) is 0. The molecular weight excluding hydrogens is 407 g/mol. The fraction of sp³-hybridized carbons (Fsp3) is 0.267. The predicted octanol–water partition coefficient (Wildman–Crippen LogP) is 2.45. The minimum absolute atomic E-state index is 0.658. The number of halogens is 4. The summed E-state index contributed by atoms with van der Waals surface area (Å²) >= 11 is 0. The van der Waals surface area contributed by atoms with Crippen molar-refractivity contribution in [2.75, 3.05) is 20.4 Å². The third kappa shape index (κ3) is 7.39. The molecule has 2 atom stereocenters. The number of benzene rings is 1. The maximum absolute atomic E-state index is 12.7. The van der Waals surface area contributed by atoms with Gasteiger partial charge in [-0.05, 0) is 0 Å². The predicted molar refractivity (Wildman–Crippen MR) is 96.3 cm³/mol. The van der Waals surface area contributed by atoms with Crippen molar-refractivity contribution >= 4 is 28.1 Å². The molecule has 0 bridgehead atoms. The van der Waals surface area contributed by atoms with E-state index in [1.165, 1.54) is 18.4 Å². The normalized spacial score (nSPS) is 14.2. The second-order valence-electron chi connectivity index (χ2n) is 5.52.